The summed E-state index contributed by atoms with van der Waals surface area (Å²) in [6, 6.07) is 0. The first-order valence-corrected chi connectivity index (χ1v) is 8.08. The Morgan fingerprint density at radius 2 is 1.73 bits per heavy atom. The molecule has 0 aromatic rings. The van der Waals surface area contributed by atoms with Crippen LogP contribution in [0.5, 0.6) is 0 Å². The second-order valence-corrected chi connectivity index (χ2v) is 6.77. The normalized spacial score (nSPS) is 26.5. The van der Waals surface area contributed by atoms with Crippen LogP contribution >= 0.6 is 11.6 Å². The average molecular weight is 251 g/mol. The number of alkyl halides is 1. The lowest BCUT2D eigenvalue weighted by molar-refractivity contribution is 0.570. The Balaban J connectivity index is 1.82. The number of unbranched alkanes of at least 4 members (excludes halogenated alkanes) is 6. The molecule has 0 aromatic carbocycles. The molecule has 3 heteroatoms. The van der Waals surface area contributed by atoms with Crippen molar-refractivity contribution in [3.05, 3.63) is 0 Å². The van der Waals surface area contributed by atoms with E-state index in [0.717, 1.165) is 12.2 Å². The fraction of sp³-hybridized carbons (Fsp3) is 1.00. The van der Waals surface area contributed by atoms with Crippen LogP contribution in [0.15, 0.2) is 0 Å². The SMILES string of the molecule is CCCCCCCCCC(Cl)C1CS1=O. The van der Waals surface area contributed by atoms with Gasteiger partial charge in [0.25, 0.3) is 0 Å². The maximum Gasteiger partial charge on any atom is 0.0627 e. The summed E-state index contributed by atoms with van der Waals surface area (Å²) in [6.45, 7) is 2.24. The molecule has 0 radical (unpaired) electrons. The lowest BCUT2D eigenvalue weighted by Crippen LogP contribution is -2.07. The second-order valence-electron chi connectivity index (χ2n) is 4.51. The third-order valence-electron chi connectivity index (χ3n) is 3.04. The highest BCUT2D eigenvalue weighted by molar-refractivity contribution is 7.93. The van der Waals surface area contributed by atoms with Gasteiger partial charge in [0.1, 0.15) is 0 Å². The smallest absolute Gasteiger partial charge is 0.0627 e. The summed E-state index contributed by atoms with van der Waals surface area (Å²) in [5.41, 5.74) is 0. The van der Waals surface area contributed by atoms with Crippen molar-refractivity contribution in [3.8, 4) is 0 Å². The summed E-state index contributed by atoms with van der Waals surface area (Å²) in [5, 5.41) is 0.508. The van der Waals surface area contributed by atoms with Gasteiger partial charge in [-0.05, 0) is 6.42 Å². The highest BCUT2D eigenvalue weighted by atomic mass is 35.5. The van der Waals surface area contributed by atoms with Crippen molar-refractivity contribution in [2.45, 2.75) is 68.9 Å². The Morgan fingerprint density at radius 1 is 1.20 bits per heavy atom. The van der Waals surface area contributed by atoms with Gasteiger partial charge in [0.15, 0.2) is 0 Å². The Hall–Kier alpha value is 0.440. The van der Waals surface area contributed by atoms with Crippen LogP contribution in [0.3, 0.4) is 0 Å². The van der Waals surface area contributed by atoms with Crippen molar-refractivity contribution in [3.63, 3.8) is 0 Å². The lowest BCUT2D eigenvalue weighted by atomic mass is 10.1. The van der Waals surface area contributed by atoms with Gasteiger partial charge < -0.3 is 0 Å². The van der Waals surface area contributed by atoms with Crippen LogP contribution in [0.1, 0.15) is 58.3 Å². The fourth-order valence-electron chi connectivity index (χ4n) is 1.87. The number of halogens is 1. The predicted octanol–water partition coefficient (Wildman–Crippen LogP) is 3.87. The summed E-state index contributed by atoms with van der Waals surface area (Å²) in [7, 11) is -0.572. The van der Waals surface area contributed by atoms with Crippen molar-refractivity contribution < 1.29 is 4.21 Å². The van der Waals surface area contributed by atoms with Gasteiger partial charge >= 0.3 is 0 Å². The quantitative estimate of drug-likeness (QED) is 0.345. The number of hydrogen-bond donors (Lipinski definition) is 0. The van der Waals surface area contributed by atoms with E-state index in [-0.39, 0.29) is 5.38 Å². The zero-order chi connectivity index (χ0) is 11.1. The fourth-order valence-corrected chi connectivity index (χ4v) is 3.68. The van der Waals surface area contributed by atoms with Crippen molar-refractivity contribution >= 4 is 22.4 Å². The van der Waals surface area contributed by atoms with Gasteiger partial charge in [0, 0.05) is 21.9 Å². The Bertz CT molecular complexity index is 196. The first-order chi connectivity index (χ1) is 7.25. The minimum atomic E-state index is -0.572. The summed E-state index contributed by atoms with van der Waals surface area (Å²) in [6.07, 6.45) is 10.4. The molecule has 1 heterocycles. The van der Waals surface area contributed by atoms with E-state index in [2.05, 4.69) is 6.92 Å². The maximum absolute atomic E-state index is 11.0. The second kappa shape index (κ2) is 7.67. The highest BCUT2D eigenvalue weighted by Gasteiger charge is 2.38. The monoisotopic (exact) mass is 250 g/mol. The summed E-state index contributed by atoms with van der Waals surface area (Å²) in [5.74, 6) is 0.852. The molecule has 3 unspecified atom stereocenters. The van der Waals surface area contributed by atoms with E-state index in [1.165, 1.54) is 44.9 Å². The van der Waals surface area contributed by atoms with Crippen LogP contribution in [0.25, 0.3) is 0 Å². The van der Waals surface area contributed by atoms with E-state index in [4.69, 9.17) is 11.6 Å². The van der Waals surface area contributed by atoms with Gasteiger partial charge in [-0.1, -0.05) is 51.9 Å². The Morgan fingerprint density at radius 3 is 2.27 bits per heavy atom. The van der Waals surface area contributed by atoms with Gasteiger partial charge in [-0.25, -0.2) is 0 Å². The van der Waals surface area contributed by atoms with E-state index in [0.29, 0.717) is 5.25 Å². The van der Waals surface area contributed by atoms with Crippen molar-refractivity contribution in [1.29, 1.82) is 0 Å². The minimum absolute atomic E-state index is 0.182. The van der Waals surface area contributed by atoms with E-state index >= 15 is 0 Å². The molecule has 0 aromatic heterocycles. The van der Waals surface area contributed by atoms with Crippen molar-refractivity contribution in [2.24, 2.45) is 0 Å². The lowest BCUT2D eigenvalue weighted by Gasteiger charge is -2.05. The molecule has 3 atom stereocenters. The van der Waals surface area contributed by atoms with E-state index in [1.807, 2.05) is 0 Å². The van der Waals surface area contributed by atoms with Crippen LogP contribution in [-0.4, -0.2) is 20.6 Å². The molecule has 0 bridgehead atoms. The van der Waals surface area contributed by atoms with Gasteiger partial charge in [-0.3, -0.25) is 4.21 Å². The van der Waals surface area contributed by atoms with Crippen molar-refractivity contribution in [2.75, 3.05) is 5.75 Å². The van der Waals surface area contributed by atoms with E-state index in [1.54, 1.807) is 0 Å². The molecule has 0 amide bonds. The van der Waals surface area contributed by atoms with E-state index in [9.17, 15) is 4.21 Å². The average Bonchev–Trinajstić information content (AvgIpc) is 2.94. The zero-order valence-electron chi connectivity index (χ0n) is 9.71. The molecule has 1 saturated heterocycles. The third-order valence-corrected chi connectivity index (χ3v) is 5.14. The van der Waals surface area contributed by atoms with Gasteiger partial charge in [0.05, 0.1) is 5.25 Å². The maximum atomic E-state index is 11.0. The van der Waals surface area contributed by atoms with Crippen LogP contribution in [0.2, 0.25) is 0 Å². The topological polar surface area (TPSA) is 17.1 Å². The Kier molecular flexibility index (Phi) is 6.91. The summed E-state index contributed by atoms with van der Waals surface area (Å²) >= 11 is 6.14. The van der Waals surface area contributed by atoms with Crippen LogP contribution in [0.4, 0.5) is 0 Å². The van der Waals surface area contributed by atoms with Crippen LogP contribution < -0.4 is 0 Å². The molecule has 0 spiro atoms. The van der Waals surface area contributed by atoms with Gasteiger partial charge in [-0.15, -0.1) is 11.6 Å². The summed E-state index contributed by atoms with van der Waals surface area (Å²) < 4.78 is 11.0. The molecular weight excluding hydrogens is 228 g/mol. The zero-order valence-corrected chi connectivity index (χ0v) is 11.3. The molecule has 1 aliphatic heterocycles. The standard InChI is InChI=1S/C12H23ClOS/c1-2-3-4-5-6-7-8-9-11(13)12-10-15(12)14/h11-12H,2-10H2,1H3. The third kappa shape index (κ3) is 5.91. The molecule has 1 rings (SSSR count). The molecule has 90 valence electrons. The van der Waals surface area contributed by atoms with Gasteiger partial charge in [-0.2, -0.15) is 0 Å². The first kappa shape index (κ1) is 13.5. The molecule has 0 N–H and O–H groups in total. The Labute approximate surface area is 101 Å². The van der Waals surface area contributed by atoms with Crippen molar-refractivity contribution in [1.82, 2.24) is 0 Å². The highest BCUT2D eigenvalue weighted by Crippen LogP contribution is 2.27. The largest absolute Gasteiger partial charge is 0.259 e. The molecule has 1 aliphatic rings. The number of rotatable bonds is 9. The molecule has 0 aliphatic carbocycles. The first-order valence-electron chi connectivity index (χ1n) is 6.27. The van der Waals surface area contributed by atoms with Gasteiger partial charge in [0.2, 0.25) is 0 Å². The summed E-state index contributed by atoms with van der Waals surface area (Å²) in [4.78, 5) is 0. The molecule has 1 fully saturated rings. The van der Waals surface area contributed by atoms with Crippen LogP contribution in [0, 0.1) is 0 Å². The molecular formula is C12H23ClOS. The molecule has 1 nitrogen and oxygen atoms in total. The molecule has 0 saturated carbocycles. The van der Waals surface area contributed by atoms with E-state index < -0.39 is 10.8 Å². The predicted molar refractivity (Wildman–Crippen MR) is 69.0 cm³/mol. The van der Waals surface area contributed by atoms with Crippen LogP contribution in [-0.2, 0) is 10.8 Å². The number of hydrogen-bond acceptors (Lipinski definition) is 1. The molecule has 15 heavy (non-hydrogen) atoms. The minimum Gasteiger partial charge on any atom is -0.259 e.